The summed E-state index contributed by atoms with van der Waals surface area (Å²) in [6.45, 7) is 8.81. The molecule has 1 N–H and O–H groups in total. The monoisotopic (exact) mass is 511 g/mol. The van der Waals surface area contributed by atoms with Crippen molar-refractivity contribution in [3.05, 3.63) is 23.0 Å². The van der Waals surface area contributed by atoms with Gasteiger partial charge in [-0.1, -0.05) is 11.6 Å². The number of aryl methyl sites for hydroxylation is 1. The fourth-order valence-electron chi connectivity index (χ4n) is 3.34. The van der Waals surface area contributed by atoms with Gasteiger partial charge in [-0.3, -0.25) is 4.99 Å². The number of aromatic nitrogens is 1. The smallest absolute Gasteiger partial charge is 0.194 e. The van der Waals surface area contributed by atoms with Gasteiger partial charge in [-0.25, -0.2) is 0 Å². The van der Waals surface area contributed by atoms with Crippen LogP contribution < -0.4 is 5.32 Å². The van der Waals surface area contributed by atoms with E-state index in [1.165, 1.54) is 18.5 Å². The summed E-state index contributed by atoms with van der Waals surface area (Å²) in [6.07, 6.45) is 4.36. The molecule has 0 aromatic carbocycles. The minimum absolute atomic E-state index is 0. The molecule has 2 rings (SSSR count). The maximum absolute atomic E-state index is 6.10. The average molecular weight is 512 g/mol. The van der Waals surface area contributed by atoms with Crippen LogP contribution in [0.1, 0.15) is 25.5 Å². The number of aliphatic imine (C=N–C) groups is 1. The minimum Gasteiger partial charge on any atom is -0.383 e. The largest absolute Gasteiger partial charge is 0.383 e. The number of piperidine rings is 1. The van der Waals surface area contributed by atoms with Gasteiger partial charge in [0.05, 0.1) is 18.2 Å². The Hall–Kier alpha value is -0.510. The molecule has 0 bridgehead atoms. The number of hydrogen-bond donors (Lipinski definition) is 1. The first kappa shape index (κ1) is 24.5. The zero-order valence-corrected chi connectivity index (χ0v) is 20.2. The Balaban J connectivity index is 0.00000364. The molecule has 0 saturated carbocycles. The van der Waals surface area contributed by atoms with Crippen LogP contribution in [0.2, 0.25) is 5.02 Å². The normalized spacial score (nSPS) is 16.3. The zero-order chi connectivity index (χ0) is 18.9. The molecule has 2 heterocycles. The van der Waals surface area contributed by atoms with Gasteiger partial charge in [-0.2, -0.15) is 0 Å². The molecule has 0 unspecified atom stereocenters. The van der Waals surface area contributed by atoms with Gasteiger partial charge in [0.1, 0.15) is 0 Å². The zero-order valence-electron chi connectivity index (χ0n) is 17.1. The molecule has 6 nitrogen and oxygen atoms in total. The lowest BCUT2D eigenvalue weighted by molar-refractivity contribution is 0.121. The van der Waals surface area contributed by atoms with Crippen molar-refractivity contribution in [3.63, 3.8) is 0 Å². The van der Waals surface area contributed by atoms with Gasteiger partial charge in [0.25, 0.3) is 0 Å². The van der Waals surface area contributed by atoms with Crippen LogP contribution in [0.15, 0.2) is 17.3 Å². The maximum Gasteiger partial charge on any atom is 0.194 e. The van der Waals surface area contributed by atoms with E-state index in [1.54, 1.807) is 7.11 Å². The van der Waals surface area contributed by atoms with E-state index in [2.05, 4.69) is 33.7 Å². The van der Waals surface area contributed by atoms with E-state index >= 15 is 0 Å². The first-order valence-electron chi connectivity index (χ1n) is 9.55. The standard InChI is InChI=1S/C19H34ClN5O.HI/c1-5-21-19(24(3)15-18-12-17(20)14-23(18)2)22-13-16-6-8-25(9-7-16)10-11-26-4;/h12,14,16H,5-11,13,15H2,1-4H3,(H,21,22);1H. The summed E-state index contributed by atoms with van der Waals surface area (Å²) < 4.78 is 7.24. The third kappa shape index (κ3) is 8.17. The van der Waals surface area contributed by atoms with Crippen LogP contribution in [0, 0.1) is 5.92 Å². The molecule has 0 atom stereocenters. The lowest BCUT2D eigenvalue weighted by atomic mass is 9.97. The Morgan fingerprint density at radius 3 is 2.67 bits per heavy atom. The molecular formula is C19H35ClIN5O. The van der Waals surface area contributed by atoms with Gasteiger partial charge < -0.3 is 24.4 Å². The van der Waals surface area contributed by atoms with Crippen molar-refractivity contribution < 1.29 is 4.74 Å². The number of hydrogen-bond acceptors (Lipinski definition) is 3. The summed E-state index contributed by atoms with van der Waals surface area (Å²) in [5.74, 6) is 1.63. The summed E-state index contributed by atoms with van der Waals surface area (Å²) in [5.41, 5.74) is 1.18. The van der Waals surface area contributed by atoms with Gasteiger partial charge in [0.2, 0.25) is 0 Å². The van der Waals surface area contributed by atoms with Crippen molar-refractivity contribution in [2.24, 2.45) is 18.0 Å². The average Bonchev–Trinajstić information content (AvgIpc) is 2.94. The van der Waals surface area contributed by atoms with Crippen LogP contribution in [0.25, 0.3) is 0 Å². The summed E-state index contributed by atoms with van der Waals surface area (Å²) in [6, 6.07) is 2.01. The molecule has 1 aliphatic heterocycles. The first-order chi connectivity index (χ1) is 12.5. The van der Waals surface area contributed by atoms with Gasteiger partial charge in [-0.05, 0) is 44.8 Å². The highest BCUT2D eigenvalue weighted by Gasteiger charge is 2.19. The van der Waals surface area contributed by atoms with Crippen LogP contribution in [-0.4, -0.2) is 73.8 Å². The summed E-state index contributed by atoms with van der Waals surface area (Å²) in [7, 11) is 5.87. The van der Waals surface area contributed by atoms with Crippen LogP contribution in [0.4, 0.5) is 0 Å². The number of rotatable bonds is 8. The topological polar surface area (TPSA) is 45.0 Å². The number of methoxy groups -OCH3 is 1. The highest BCUT2D eigenvalue weighted by atomic mass is 127. The molecule has 8 heteroatoms. The number of ether oxygens (including phenoxy) is 1. The second-order valence-electron chi connectivity index (χ2n) is 7.09. The van der Waals surface area contributed by atoms with E-state index in [1.807, 2.05) is 19.3 Å². The van der Waals surface area contributed by atoms with E-state index in [0.717, 1.165) is 56.9 Å². The molecule has 0 radical (unpaired) electrons. The van der Waals surface area contributed by atoms with Crippen molar-refractivity contribution in [2.75, 3.05) is 53.5 Å². The fraction of sp³-hybridized carbons (Fsp3) is 0.737. The predicted octanol–water partition coefficient (Wildman–Crippen LogP) is 3.05. The first-order valence-corrected chi connectivity index (χ1v) is 9.92. The number of likely N-dealkylation sites (tertiary alicyclic amines) is 1. The predicted molar refractivity (Wildman–Crippen MR) is 124 cm³/mol. The van der Waals surface area contributed by atoms with Crippen molar-refractivity contribution >= 4 is 41.5 Å². The molecule has 1 aromatic rings. The fourth-order valence-corrected chi connectivity index (χ4v) is 3.61. The van der Waals surface area contributed by atoms with Crippen molar-refractivity contribution in [1.82, 2.24) is 19.7 Å². The molecule has 1 aliphatic rings. The Kier molecular flexibility index (Phi) is 11.7. The second kappa shape index (κ2) is 12.9. The number of nitrogens with zero attached hydrogens (tertiary/aromatic N) is 4. The molecule has 1 saturated heterocycles. The molecular weight excluding hydrogens is 477 g/mol. The van der Waals surface area contributed by atoms with E-state index < -0.39 is 0 Å². The molecule has 27 heavy (non-hydrogen) atoms. The summed E-state index contributed by atoms with van der Waals surface area (Å²) >= 11 is 6.10. The SMILES string of the molecule is CCNC(=NCC1CCN(CCOC)CC1)N(C)Cc1cc(Cl)cn1C.I. The number of nitrogens with one attached hydrogen (secondary N) is 1. The summed E-state index contributed by atoms with van der Waals surface area (Å²) in [4.78, 5) is 9.56. The van der Waals surface area contributed by atoms with Crippen molar-refractivity contribution in [1.29, 1.82) is 0 Å². The minimum atomic E-state index is 0. The number of halogens is 2. The molecule has 1 fully saturated rings. The summed E-state index contributed by atoms with van der Waals surface area (Å²) in [5, 5.41) is 4.19. The van der Waals surface area contributed by atoms with Crippen molar-refractivity contribution in [2.45, 2.75) is 26.3 Å². The van der Waals surface area contributed by atoms with Gasteiger partial charge >= 0.3 is 0 Å². The van der Waals surface area contributed by atoms with E-state index in [0.29, 0.717) is 5.92 Å². The van der Waals surface area contributed by atoms with E-state index in [-0.39, 0.29) is 24.0 Å². The Morgan fingerprint density at radius 1 is 1.41 bits per heavy atom. The Labute approximate surface area is 186 Å². The van der Waals surface area contributed by atoms with Crippen molar-refractivity contribution in [3.8, 4) is 0 Å². The van der Waals surface area contributed by atoms with Gasteiger partial charge in [0.15, 0.2) is 5.96 Å². The highest BCUT2D eigenvalue weighted by molar-refractivity contribution is 14.0. The molecule has 0 spiro atoms. The quantitative estimate of drug-likeness (QED) is 0.331. The van der Waals surface area contributed by atoms with E-state index in [9.17, 15) is 0 Å². The molecule has 156 valence electrons. The molecule has 0 amide bonds. The third-order valence-corrected chi connectivity index (χ3v) is 5.19. The van der Waals surface area contributed by atoms with Crippen LogP contribution in [-0.2, 0) is 18.3 Å². The maximum atomic E-state index is 6.10. The highest BCUT2D eigenvalue weighted by Crippen LogP contribution is 2.18. The van der Waals surface area contributed by atoms with Crippen LogP contribution in [0.5, 0.6) is 0 Å². The lowest BCUT2D eigenvalue weighted by Crippen LogP contribution is -2.40. The Morgan fingerprint density at radius 2 is 2.11 bits per heavy atom. The third-order valence-electron chi connectivity index (χ3n) is 4.99. The van der Waals surface area contributed by atoms with Crippen LogP contribution in [0.3, 0.4) is 0 Å². The second-order valence-corrected chi connectivity index (χ2v) is 7.53. The molecule has 1 aromatic heterocycles. The number of guanidine groups is 1. The van der Waals surface area contributed by atoms with Crippen LogP contribution >= 0.6 is 35.6 Å². The van der Waals surface area contributed by atoms with Gasteiger partial charge in [0, 0.05) is 52.7 Å². The van der Waals surface area contributed by atoms with Gasteiger partial charge in [-0.15, -0.1) is 24.0 Å². The van der Waals surface area contributed by atoms with E-state index in [4.69, 9.17) is 21.3 Å². The lowest BCUT2D eigenvalue weighted by Gasteiger charge is -2.31. The molecule has 0 aliphatic carbocycles. The Bertz CT molecular complexity index is 572.